The Morgan fingerprint density at radius 3 is 2.71 bits per heavy atom. The molecule has 108 valence electrons. The van der Waals surface area contributed by atoms with E-state index >= 15 is 0 Å². The first-order valence-corrected chi connectivity index (χ1v) is 7.73. The highest BCUT2D eigenvalue weighted by atomic mass is 35.5. The van der Waals surface area contributed by atoms with Gasteiger partial charge in [0.25, 0.3) is 0 Å². The van der Waals surface area contributed by atoms with Crippen molar-refractivity contribution in [2.24, 2.45) is 0 Å². The van der Waals surface area contributed by atoms with E-state index < -0.39 is 0 Å². The van der Waals surface area contributed by atoms with E-state index in [1.807, 2.05) is 28.8 Å². The van der Waals surface area contributed by atoms with Crippen molar-refractivity contribution in [1.29, 1.82) is 0 Å². The number of aromatic nitrogens is 3. The molecule has 1 unspecified atom stereocenters. The molecule has 0 aliphatic rings. The van der Waals surface area contributed by atoms with Crippen LogP contribution in [0.2, 0.25) is 10.0 Å². The van der Waals surface area contributed by atoms with Gasteiger partial charge in [0.2, 0.25) is 0 Å². The van der Waals surface area contributed by atoms with Crippen LogP contribution in [0, 0.1) is 0 Å². The van der Waals surface area contributed by atoms with Crippen molar-refractivity contribution in [3.05, 3.63) is 58.0 Å². The van der Waals surface area contributed by atoms with Gasteiger partial charge in [0.15, 0.2) is 5.65 Å². The molecule has 2 aromatic heterocycles. The third-order valence-electron chi connectivity index (χ3n) is 3.43. The van der Waals surface area contributed by atoms with Gasteiger partial charge in [0.1, 0.15) is 11.3 Å². The van der Waals surface area contributed by atoms with E-state index in [1.54, 1.807) is 12.3 Å². The van der Waals surface area contributed by atoms with Gasteiger partial charge in [0, 0.05) is 11.2 Å². The van der Waals surface area contributed by atoms with Gasteiger partial charge < -0.3 is 4.57 Å². The third kappa shape index (κ3) is 2.61. The van der Waals surface area contributed by atoms with Gasteiger partial charge in [-0.1, -0.05) is 41.4 Å². The highest BCUT2D eigenvalue weighted by Gasteiger charge is 2.19. The number of hydrogen-bond acceptors (Lipinski definition) is 2. The molecule has 0 fully saturated rings. The van der Waals surface area contributed by atoms with Crippen LogP contribution < -0.4 is 0 Å². The minimum atomic E-state index is -0.0221. The molecule has 6 heteroatoms. The van der Waals surface area contributed by atoms with E-state index in [9.17, 15) is 0 Å². The van der Waals surface area contributed by atoms with Crippen LogP contribution in [0.15, 0.2) is 36.5 Å². The Morgan fingerprint density at radius 2 is 2.00 bits per heavy atom. The second-order valence-electron chi connectivity index (χ2n) is 4.73. The van der Waals surface area contributed by atoms with Crippen LogP contribution in [-0.4, -0.2) is 14.5 Å². The van der Waals surface area contributed by atoms with Gasteiger partial charge in [-0.15, -0.1) is 11.6 Å². The maximum Gasteiger partial charge on any atom is 0.160 e. The standard InChI is InChI=1S/C15H12Cl3N3/c1-9(11-4-2-3-5-12(11)18)21-14(7-16)20-13-6-10(17)8-19-15(13)21/h2-6,8-9H,7H2,1H3. The molecule has 1 atom stereocenters. The number of alkyl halides is 1. The van der Waals surface area contributed by atoms with Gasteiger partial charge in [-0.3, -0.25) is 0 Å². The first kappa shape index (κ1) is 14.6. The summed E-state index contributed by atoms with van der Waals surface area (Å²) in [7, 11) is 0. The van der Waals surface area contributed by atoms with Gasteiger partial charge in [-0.25, -0.2) is 9.97 Å². The monoisotopic (exact) mass is 339 g/mol. The number of benzene rings is 1. The van der Waals surface area contributed by atoms with E-state index in [2.05, 4.69) is 16.9 Å². The quantitative estimate of drug-likeness (QED) is 0.622. The fourth-order valence-corrected chi connectivity index (χ4v) is 3.09. The van der Waals surface area contributed by atoms with Gasteiger partial charge >= 0.3 is 0 Å². The summed E-state index contributed by atoms with van der Waals surface area (Å²) in [6, 6.07) is 9.50. The molecule has 0 spiro atoms. The predicted octanol–water partition coefficient (Wildman–Crippen LogP) is 5.09. The number of hydrogen-bond donors (Lipinski definition) is 0. The van der Waals surface area contributed by atoms with Crippen molar-refractivity contribution in [3.8, 4) is 0 Å². The highest BCUT2D eigenvalue weighted by Crippen LogP contribution is 2.30. The molecule has 0 aliphatic heterocycles. The summed E-state index contributed by atoms with van der Waals surface area (Å²) in [4.78, 5) is 8.90. The molecule has 2 heterocycles. The lowest BCUT2D eigenvalue weighted by Gasteiger charge is -2.18. The molecule has 3 aromatic rings. The highest BCUT2D eigenvalue weighted by molar-refractivity contribution is 6.31. The lowest BCUT2D eigenvalue weighted by molar-refractivity contribution is 0.629. The van der Waals surface area contributed by atoms with E-state index in [1.165, 1.54) is 0 Å². The van der Waals surface area contributed by atoms with Crippen LogP contribution in [0.1, 0.15) is 24.4 Å². The SMILES string of the molecule is CC(c1ccccc1Cl)n1c(CCl)nc2cc(Cl)cnc21. The Kier molecular flexibility index (Phi) is 4.07. The zero-order chi connectivity index (χ0) is 15.0. The Balaban J connectivity index is 2.21. The molecule has 0 saturated heterocycles. The summed E-state index contributed by atoms with van der Waals surface area (Å²) in [5, 5.41) is 1.26. The number of nitrogens with zero attached hydrogens (tertiary/aromatic N) is 3. The Hall–Kier alpha value is -1.29. The van der Waals surface area contributed by atoms with Crippen LogP contribution >= 0.6 is 34.8 Å². The fourth-order valence-electron chi connectivity index (χ4n) is 2.46. The topological polar surface area (TPSA) is 30.7 Å². The molecule has 0 N–H and O–H groups in total. The third-order valence-corrected chi connectivity index (χ3v) is 4.22. The lowest BCUT2D eigenvalue weighted by Crippen LogP contribution is -2.11. The number of halogens is 3. The largest absolute Gasteiger partial charge is 0.304 e. The van der Waals surface area contributed by atoms with Gasteiger partial charge in [0.05, 0.1) is 16.9 Å². The lowest BCUT2D eigenvalue weighted by atomic mass is 10.1. The van der Waals surface area contributed by atoms with Crippen molar-refractivity contribution in [3.63, 3.8) is 0 Å². The van der Waals surface area contributed by atoms with Crippen LogP contribution in [-0.2, 0) is 5.88 Å². The van der Waals surface area contributed by atoms with Crippen molar-refractivity contribution in [1.82, 2.24) is 14.5 Å². The van der Waals surface area contributed by atoms with Crippen molar-refractivity contribution in [2.75, 3.05) is 0 Å². The normalized spacial score (nSPS) is 12.8. The molecule has 0 radical (unpaired) electrons. The Bertz CT molecular complexity index is 798. The molecule has 0 amide bonds. The summed E-state index contributed by atoms with van der Waals surface area (Å²) in [6.45, 7) is 2.05. The zero-order valence-corrected chi connectivity index (χ0v) is 13.5. The maximum atomic E-state index is 6.30. The molecular formula is C15H12Cl3N3. The van der Waals surface area contributed by atoms with Gasteiger partial charge in [-0.2, -0.15) is 0 Å². The van der Waals surface area contributed by atoms with Crippen molar-refractivity contribution in [2.45, 2.75) is 18.8 Å². The van der Waals surface area contributed by atoms with Crippen LogP contribution in [0.4, 0.5) is 0 Å². The molecule has 0 aliphatic carbocycles. The summed E-state index contributed by atoms with van der Waals surface area (Å²) in [5.74, 6) is 1.04. The number of pyridine rings is 1. The molecule has 21 heavy (non-hydrogen) atoms. The molecule has 3 rings (SSSR count). The second kappa shape index (κ2) is 5.84. The van der Waals surface area contributed by atoms with Crippen LogP contribution in [0.5, 0.6) is 0 Å². The maximum absolute atomic E-state index is 6.30. The van der Waals surface area contributed by atoms with Crippen molar-refractivity contribution >= 4 is 46.0 Å². The number of imidazole rings is 1. The molecule has 0 bridgehead atoms. The van der Waals surface area contributed by atoms with Crippen molar-refractivity contribution < 1.29 is 0 Å². The van der Waals surface area contributed by atoms with E-state index in [-0.39, 0.29) is 6.04 Å². The molecule has 3 nitrogen and oxygen atoms in total. The summed E-state index contributed by atoms with van der Waals surface area (Å²) in [6.07, 6.45) is 1.61. The summed E-state index contributed by atoms with van der Waals surface area (Å²) < 4.78 is 2.00. The Labute approximate surface area is 137 Å². The minimum absolute atomic E-state index is 0.0221. The van der Waals surface area contributed by atoms with E-state index in [0.717, 1.165) is 22.6 Å². The summed E-state index contributed by atoms with van der Waals surface area (Å²) in [5.41, 5.74) is 2.49. The van der Waals surface area contributed by atoms with Crippen LogP contribution in [0.25, 0.3) is 11.2 Å². The zero-order valence-electron chi connectivity index (χ0n) is 11.2. The first-order valence-electron chi connectivity index (χ1n) is 6.44. The minimum Gasteiger partial charge on any atom is -0.304 e. The van der Waals surface area contributed by atoms with Crippen LogP contribution in [0.3, 0.4) is 0 Å². The molecule has 0 saturated carbocycles. The summed E-state index contributed by atoms with van der Waals surface area (Å²) >= 11 is 18.3. The smallest absolute Gasteiger partial charge is 0.160 e. The Morgan fingerprint density at radius 1 is 1.24 bits per heavy atom. The first-order chi connectivity index (χ1) is 10.1. The molecule has 1 aromatic carbocycles. The van der Waals surface area contributed by atoms with E-state index in [4.69, 9.17) is 34.8 Å². The average molecular weight is 341 g/mol. The molecular weight excluding hydrogens is 329 g/mol. The average Bonchev–Trinajstić information content (AvgIpc) is 2.84. The fraction of sp³-hybridized carbons (Fsp3) is 0.200. The van der Waals surface area contributed by atoms with Gasteiger partial charge in [-0.05, 0) is 24.6 Å². The van der Waals surface area contributed by atoms with E-state index in [0.29, 0.717) is 15.9 Å². The second-order valence-corrected chi connectivity index (χ2v) is 5.84. The number of fused-ring (bicyclic) bond motifs is 1. The predicted molar refractivity (Wildman–Crippen MR) is 87.4 cm³/mol. The number of rotatable bonds is 3.